The number of aryl methyl sites for hydroxylation is 4. The number of carbonyl (C=O) groups is 2. The summed E-state index contributed by atoms with van der Waals surface area (Å²) in [5.74, 6) is -0.327. The van der Waals surface area contributed by atoms with Crippen LogP contribution in [0.2, 0.25) is 0 Å². The zero-order valence-corrected chi connectivity index (χ0v) is 13.6. The lowest BCUT2D eigenvalue weighted by molar-refractivity contribution is -0.121. The summed E-state index contributed by atoms with van der Waals surface area (Å²) in [4.78, 5) is 22.9. The topological polar surface area (TPSA) is 79.5 Å². The van der Waals surface area contributed by atoms with Gasteiger partial charge < -0.3 is 14.8 Å². The van der Waals surface area contributed by atoms with Crippen molar-refractivity contribution < 1.29 is 19.1 Å². The lowest BCUT2D eigenvalue weighted by atomic mass is 10.0. The molecule has 0 saturated heterocycles. The minimum absolute atomic E-state index is 0.0871. The first-order valence-corrected chi connectivity index (χ1v) is 7.52. The number of carboxylic acid groups (broad SMARTS) is 1. The molecule has 1 aromatic heterocycles. The van der Waals surface area contributed by atoms with Crippen molar-refractivity contribution >= 4 is 11.9 Å². The molecule has 2 aromatic rings. The Morgan fingerprint density at radius 2 is 1.91 bits per heavy atom. The predicted molar refractivity (Wildman–Crippen MR) is 86.5 cm³/mol. The van der Waals surface area contributed by atoms with E-state index >= 15 is 0 Å². The van der Waals surface area contributed by atoms with Gasteiger partial charge in [0.05, 0.1) is 6.54 Å². The van der Waals surface area contributed by atoms with E-state index in [1.807, 2.05) is 26.0 Å². The van der Waals surface area contributed by atoms with Gasteiger partial charge in [0.15, 0.2) is 0 Å². The molecule has 0 saturated carbocycles. The van der Waals surface area contributed by atoms with Crippen LogP contribution < -0.4 is 5.32 Å². The smallest absolute Gasteiger partial charge is 0.339 e. The number of nitrogens with one attached hydrogen (secondary N) is 1. The second-order valence-electron chi connectivity index (χ2n) is 5.69. The van der Waals surface area contributed by atoms with Crippen LogP contribution in [-0.2, 0) is 17.8 Å². The highest BCUT2D eigenvalue weighted by atomic mass is 16.4. The predicted octanol–water partition coefficient (Wildman–Crippen LogP) is 3.15. The monoisotopic (exact) mass is 315 g/mol. The third-order valence-corrected chi connectivity index (χ3v) is 3.78. The fourth-order valence-electron chi connectivity index (χ4n) is 2.49. The third-order valence-electron chi connectivity index (χ3n) is 3.78. The molecule has 0 unspecified atom stereocenters. The maximum atomic E-state index is 11.9. The van der Waals surface area contributed by atoms with Crippen LogP contribution in [0, 0.1) is 20.8 Å². The average molecular weight is 315 g/mol. The number of hydrogen-bond donors (Lipinski definition) is 2. The minimum atomic E-state index is -1.03. The van der Waals surface area contributed by atoms with Crippen LogP contribution in [-0.4, -0.2) is 17.0 Å². The third kappa shape index (κ3) is 4.45. The van der Waals surface area contributed by atoms with Crippen molar-refractivity contribution in [2.45, 2.75) is 40.2 Å². The summed E-state index contributed by atoms with van der Waals surface area (Å²) in [7, 11) is 0. The Balaban J connectivity index is 1.85. The molecule has 122 valence electrons. The van der Waals surface area contributed by atoms with Crippen molar-refractivity contribution in [3.63, 3.8) is 0 Å². The van der Waals surface area contributed by atoms with Gasteiger partial charge in [-0.2, -0.15) is 0 Å². The van der Waals surface area contributed by atoms with Crippen LogP contribution in [0.25, 0.3) is 0 Å². The fourth-order valence-corrected chi connectivity index (χ4v) is 2.49. The molecule has 0 atom stereocenters. The van der Waals surface area contributed by atoms with Crippen LogP contribution in [0.15, 0.2) is 28.7 Å². The Morgan fingerprint density at radius 1 is 1.17 bits per heavy atom. The Kier molecular flexibility index (Phi) is 5.21. The van der Waals surface area contributed by atoms with E-state index in [-0.39, 0.29) is 18.0 Å². The van der Waals surface area contributed by atoms with E-state index in [0.29, 0.717) is 24.4 Å². The number of carbonyl (C=O) groups excluding carboxylic acids is 1. The standard InChI is InChI=1S/C18H21NO4/c1-11-4-5-14(12(2)8-11)6-7-17(20)19-10-15-9-16(18(21)22)13(3)23-15/h4-5,8-9H,6-7,10H2,1-3H3,(H,19,20)(H,21,22). The molecule has 23 heavy (non-hydrogen) atoms. The first kappa shape index (κ1) is 16.8. The van der Waals surface area contributed by atoms with Crippen molar-refractivity contribution in [1.29, 1.82) is 0 Å². The number of rotatable bonds is 6. The van der Waals surface area contributed by atoms with Gasteiger partial charge in [-0.15, -0.1) is 0 Å². The molecule has 2 rings (SSSR count). The van der Waals surface area contributed by atoms with Crippen molar-refractivity contribution in [3.8, 4) is 0 Å². The quantitative estimate of drug-likeness (QED) is 0.858. The first-order valence-electron chi connectivity index (χ1n) is 7.52. The van der Waals surface area contributed by atoms with Gasteiger partial charge in [-0.3, -0.25) is 4.79 Å². The van der Waals surface area contributed by atoms with E-state index in [9.17, 15) is 9.59 Å². The molecule has 1 amide bonds. The van der Waals surface area contributed by atoms with Gasteiger partial charge in [0.2, 0.25) is 5.91 Å². The van der Waals surface area contributed by atoms with Gasteiger partial charge in [0, 0.05) is 6.42 Å². The van der Waals surface area contributed by atoms with Gasteiger partial charge in [0.25, 0.3) is 0 Å². The summed E-state index contributed by atoms with van der Waals surface area (Å²) in [6.45, 7) is 5.87. The lowest BCUT2D eigenvalue weighted by Crippen LogP contribution is -2.22. The number of benzene rings is 1. The normalized spacial score (nSPS) is 10.6. The number of furan rings is 1. The molecular weight excluding hydrogens is 294 g/mol. The summed E-state index contributed by atoms with van der Waals surface area (Å²) >= 11 is 0. The van der Waals surface area contributed by atoms with Crippen molar-refractivity contribution in [2.24, 2.45) is 0 Å². The largest absolute Gasteiger partial charge is 0.478 e. The maximum absolute atomic E-state index is 11.9. The first-order chi connectivity index (χ1) is 10.9. The van der Waals surface area contributed by atoms with Crippen LogP contribution in [0.5, 0.6) is 0 Å². The summed E-state index contributed by atoms with van der Waals surface area (Å²) < 4.78 is 5.33. The molecule has 5 heteroatoms. The summed E-state index contributed by atoms with van der Waals surface area (Å²) in [5, 5.41) is 11.7. The minimum Gasteiger partial charge on any atom is -0.478 e. The molecule has 0 aliphatic rings. The van der Waals surface area contributed by atoms with Gasteiger partial charge in [0.1, 0.15) is 17.1 Å². The van der Waals surface area contributed by atoms with Crippen LogP contribution in [0.3, 0.4) is 0 Å². The molecule has 1 heterocycles. The molecule has 0 aliphatic heterocycles. The van der Waals surface area contributed by atoms with Crippen LogP contribution in [0.4, 0.5) is 0 Å². The Hall–Kier alpha value is -2.56. The van der Waals surface area contributed by atoms with Gasteiger partial charge in [-0.05, 0) is 44.4 Å². The molecule has 0 bridgehead atoms. The molecule has 0 fully saturated rings. The molecule has 5 nitrogen and oxygen atoms in total. The summed E-state index contributed by atoms with van der Waals surface area (Å²) in [6.07, 6.45) is 1.06. The molecule has 0 aliphatic carbocycles. The highest BCUT2D eigenvalue weighted by molar-refractivity contribution is 5.88. The van der Waals surface area contributed by atoms with E-state index in [1.54, 1.807) is 6.92 Å². The second-order valence-corrected chi connectivity index (χ2v) is 5.69. The highest BCUT2D eigenvalue weighted by Gasteiger charge is 2.14. The van der Waals surface area contributed by atoms with E-state index < -0.39 is 5.97 Å². The Labute approximate surface area is 135 Å². The fraction of sp³-hybridized carbons (Fsp3) is 0.333. The number of carboxylic acids is 1. The molecule has 0 radical (unpaired) electrons. The van der Waals surface area contributed by atoms with Gasteiger partial charge in [-0.1, -0.05) is 23.8 Å². The summed E-state index contributed by atoms with van der Waals surface area (Å²) in [5.41, 5.74) is 3.68. The average Bonchev–Trinajstić information content (AvgIpc) is 2.85. The SMILES string of the molecule is Cc1ccc(CCC(=O)NCc2cc(C(=O)O)c(C)o2)c(C)c1. The van der Waals surface area contributed by atoms with Crippen LogP contribution in [0.1, 0.15) is 45.0 Å². The van der Waals surface area contributed by atoms with Crippen molar-refractivity contribution in [3.05, 3.63) is 58.0 Å². The van der Waals surface area contributed by atoms with Gasteiger partial charge in [-0.25, -0.2) is 4.79 Å². The maximum Gasteiger partial charge on any atom is 0.339 e. The Morgan fingerprint density at radius 3 is 2.52 bits per heavy atom. The number of amides is 1. The number of aromatic carboxylic acids is 1. The zero-order chi connectivity index (χ0) is 17.0. The van der Waals surface area contributed by atoms with Gasteiger partial charge >= 0.3 is 5.97 Å². The van der Waals surface area contributed by atoms with E-state index in [0.717, 1.165) is 5.56 Å². The Bertz CT molecular complexity index is 731. The second kappa shape index (κ2) is 7.13. The number of hydrogen-bond acceptors (Lipinski definition) is 3. The molecular formula is C18H21NO4. The summed E-state index contributed by atoms with van der Waals surface area (Å²) in [6, 6.07) is 7.64. The van der Waals surface area contributed by atoms with Crippen molar-refractivity contribution in [1.82, 2.24) is 5.32 Å². The molecule has 2 N–H and O–H groups in total. The van der Waals surface area contributed by atoms with E-state index in [1.165, 1.54) is 17.2 Å². The van der Waals surface area contributed by atoms with Crippen molar-refractivity contribution in [2.75, 3.05) is 0 Å². The van der Waals surface area contributed by atoms with E-state index in [4.69, 9.17) is 9.52 Å². The highest BCUT2D eigenvalue weighted by Crippen LogP contribution is 2.15. The lowest BCUT2D eigenvalue weighted by Gasteiger charge is -2.07. The zero-order valence-electron chi connectivity index (χ0n) is 13.6. The van der Waals surface area contributed by atoms with Crippen LogP contribution >= 0.6 is 0 Å². The van der Waals surface area contributed by atoms with E-state index in [2.05, 4.69) is 11.4 Å². The molecule has 0 spiro atoms. The molecule has 1 aromatic carbocycles.